The topological polar surface area (TPSA) is 55.5 Å². The Labute approximate surface area is 104 Å². The van der Waals surface area contributed by atoms with Crippen LogP contribution in [0.5, 0.6) is 5.75 Å². The molecule has 0 aliphatic heterocycles. The Kier molecular flexibility index (Phi) is 4.97. The molecule has 3 heteroatoms. The molecule has 3 N–H and O–H groups in total. The molecule has 1 aromatic carbocycles. The fourth-order valence-corrected chi connectivity index (χ4v) is 1.78. The van der Waals surface area contributed by atoms with E-state index >= 15 is 0 Å². The van der Waals surface area contributed by atoms with Gasteiger partial charge in [-0.15, -0.1) is 0 Å². The molecule has 1 unspecified atom stereocenters. The molecule has 1 aromatic rings. The van der Waals surface area contributed by atoms with Crippen LogP contribution in [-0.2, 0) is 5.54 Å². The first-order chi connectivity index (χ1) is 7.95. The zero-order chi connectivity index (χ0) is 12.9. The second-order valence-corrected chi connectivity index (χ2v) is 4.94. The number of benzene rings is 1. The molecule has 0 amide bonds. The minimum atomic E-state index is -0.390. The van der Waals surface area contributed by atoms with Crippen LogP contribution in [-0.4, -0.2) is 17.8 Å². The molecule has 0 bridgehead atoms. The van der Waals surface area contributed by atoms with Gasteiger partial charge in [-0.25, -0.2) is 0 Å². The first kappa shape index (κ1) is 14.0. The molecule has 0 aromatic heterocycles. The largest absolute Gasteiger partial charge is 0.491 e. The zero-order valence-electron chi connectivity index (χ0n) is 10.9. The lowest BCUT2D eigenvalue weighted by atomic mass is 9.88. The summed E-state index contributed by atoms with van der Waals surface area (Å²) in [6, 6.07) is 7.88. The Morgan fingerprint density at radius 2 is 1.88 bits per heavy atom. The summed E-state index contributed by atoms with van der Waals surface area (Å²) in [5.41, 5.74) is 6.91. The van der Waals surface area contributed by atoms with Crippen LogP contribution in [0.3, 0.4) is 0 Å². The van der Waals surface area contributed by atoms with E-state index in [-0.39, 0.29) is 18.2 Å². The quantitative estimate of drug-likeness (QED) is 0.799. The van der Waals surface area contributed by atoms with Crippen molar-refractivity contribution in [2.75, 3.05) is 6.61 Å². The lowest BCUT2D eigenvalue weighted by molar-refractivity contribution is 0.242. The third-order valence-electron chi connectivity index (χ3n) is 2.74. The van der Waals surface area contributed by atoms with Crippen LogP contribution in [0.4, 0.5) is 0 Å². The van der Waals surface area contributed by atoms with Gasteiger partial charge in [-0.05, 0) is 51.3 Å². The van der Waals surface area contributed by atoms with Crippen molar-refractivity contribution in [3.63, 3.8) is 0 Å². The van der Waals surface area contributed by atoms with Crippen molar-refractivity contribution in [3.8, 4) is 5.75 Å². The number of aliphatic hydroxyl groups is 1. The summed E-state index contributed by atoms with van der Waals surface area (Å²) in [5, 5.41) is 8.84. The van der Waals surface area contributed by atoms with Crippen molar-refractivity contribution >= 4 is 0 Å². The fourth-order valence-electron chi connectivity index (χ4n) is 1.78. The molecule has 3 nitrogen and oxygen atoms in total. The summed E-state index contributed by atoms with van der Waals surface area (Å²) in [4.78, 5) is 0. The smallest absolute Gasteiger partial charge is 0.119 e. The van der Waals surface area contributed by atoms with Crippen molar-refractivity contribution in [1.82, 2.24) is 0 Å². The molecular weight excluding hydrogens is 214 g/mol. The van der Waals surface area contributed by atoms with E-state index in [1.807, 2.05) is 45.0 Å². The zero-order valence-corrected chi connectivity index (χ0v) is 10.9. The maximum absolute atomic E-state index is 8.84. The number of hydrogen-bond donors (Lipinski definition) is 2. The van der Waals surface area contributed by atoms with Gasteiger partial charge >= 0.3 is 0 Å². The number of nitrogens with two attached hydrogens (primary N) is 1. The number of rotatable bonds is 6. The molecule has 1 rings (SSSR count). The van der Waals surface area contributed by atoms with Gasteiger partial charge in [-0.1, -0.05) is 12.1 Å². The Morgan fingerprint density at radius 1 is 1.29 bits per heavy atom. The Morgan fingerprint density at radius 3 is 2.35 bits per heavy atom. The van der Waals surface area contributed by atoms with Gasteiger partial charge in [0.15, 0.2) is 0 Å². The highest BCUT2D eigenvalue weighted by Gasteiger charge is 2.20. The maximum atomic E-state index is 8.84. The van der Waals surface area contributed by atoms with Crippen molar-refractivity contribution < 1.29 is 9.84 Å². The van der Waals surface area contributed by atoms with Gasteiger partial charge in [0.05, 0.1) is 6.10 Å². The Hall–Kier alpha value is -1.06. The van der Waals surface area contributed by atoms with Crippen LogP contribution in [0, 0.1) is 0 Å². The van der Waals surface area contributed by atoms with Gasteiger partial charge in [-0.3, -0.25) is 0 Å². The SMILES string of the molecule is CC(C)Oc1ccc(C(C)(N)CCCO)cc1. The summed E-state index contributed by atoms with van der Waals surface area (Å²) in [5.74, 6) is 0.863. The van der Waals surface area contributed by atoms with Crippen molar-refractivity contribution in [1.29, 1.82) is 0 Å². The third kappa shape index (κ3) is 4.36. The highest BCUT2D eigenvalue weighted by molar-refractivity contribution is 5.31. The van der Waals surface area contributed by atoms with E-state index in [4.69, 9.17) is 15.6 Å². The van der Waals surface area contributed by atoms with E-state index in [9.17, 15) is 0 Å². The van der Waals surface area contributed by atoms with Crippen LogP contribution in [0.15, 0.2) is 24.3 Å². The molecule has 96 valence electrons. The normalized spacial score (nSPS) is 14.7. The molecule has 0 spiro atoms. The van der Waals surface area contributed by atoms with E-state index in [2.05, 4.69) is 0 Å². The molecule has 0 saturated carbocycles. The molecule has 0 fully saturated rings. The Balaban J connectivity index is 2.72. The van der Waals surface area contributed by atoms with E-state index in [0.717, 1.165) is 24.2 Å². The predicted octanol–water partition coefficient (Wildman–Crippen LogP) is 2.42. The molecule has 17 heavy (non-hydrogen) atoms. The van der Waals surface area contributed by atoms with E-state index in [1.54, 1.807) is 0 Å². The minimum absolute atomic E-state index is 0.180. The van der Waals surface area contributed by atoms with E-state index < -0.39 is 0 Å². The van der Waals surface area contributed by atoms with Gasteiger partial charge in [-0.2, -0.15) is 0 Å². The number of hydrogen-bond acceptors (Lipinski definition) is 3. The molecule has 0 aliphatic carbocycles. The van der Waals surface area contributed by atoms with Crippen molar-refractivity contribution in [3.05, 3.63) is 29.8 Å². The standard InChI is InChI=1S/C14H23NO2/c1-11(2)17-13-7-5-12(6-8-13)14(3,15)9-4-10-16/h5-8,11,16H,4,9-10,15H2,1-3H3. The fraction of sp³-hybridized carbons (Fsp3) is 0.571. The van der Waals surface area contributed by atoms with Gasteiger partial charge in [0.1, 0.15) is 5.75 Å². The molecular formula is C14H23NO2. The number of aliphatic hydroxyl groups excluding tert-OH is 1. The molecule has 0 radical (unpaired) electrons. The summed E-state index contributed by atoms with van der Waals surface area (Å²) in [7, 11) is 0. The highest BCUT2D eigenvalue weighted by Crippen LogP contribution is 2.25. The monoisotopic (exact) mass is 237 g/mol. The first-order valence-corrected chi connectivity index (χ1v) is 6.12. The molecule has 0 heterocycles. The first-order valence-electron chi connectivity index (χ1n) is 6.12. The van der Waals surface area contributed by atoms with Crippen molar-refractivity contribution in [2.45, 2.75) is 45.3 Å². The van der Waals surface area contributed by atoms with Crippen LogP contribution in [0.25, 0.3) is 0 Å². The second kappa shape index (κ2) is 6.03. The number of ether oxygens (including phenoxy) is 1. The van der Waals surface area contributed by atoms with Gasteiger partial charge in [0, 0.05) is 12.1 Å². The van der Waals surface area contributed by atoms with E-state index in [1.165, 1.54) is 0 Å². The average Bonchev–Trinajstić information content (AvgIpc) is 2.26. The summed E-state index contributed by atoms with van der Waals surface area (Å²) in [6.07, 6.45) is 1.67. The average molecular weight is 237 g/mol. The summed E-state index contributed by atoms with van der Waals surface area (Å²) < 4.78 is 5.58. The predicted molar refractivity (Wildman–Crippen MR) is 70.1 cm³/mol. The lowest BCUT2D eigenvalue weighted by Crippen LogP contribution is -2.33. The van der Waals surface area contributed by atoms with Crippen LogP contribution in [0.1, 0.15) is 39.2 Å². The van der Waals surface area contributed by atoms with Gasteiger partial charge in [0.25, 0.3) is 0 Å². The highest BCUT2D eigenvalue weighted by atomic mass is 16.5. The van der Waals surface area contributed by atoms with Crippen LogP contribution in [0.2, 0.25) is 0 Å². The minimum Gasteiger partial charge on any atom is -0.491 e. The third-order valence-corrected chi connectivity index (χ3v) is 2.74. The lowest BCUT2D eigenvalue weighted by Gasteiger charge is -2.25. The van der Waals surface area contributed by atoms with Gasteiger partial charge in [0.2, 0.25) is 0 Å². The van der Waals surface area contributed by atoms with Crippen LogP contribution < -0.4 is 10.5 Å². The maximum Gasteiger partial charge on any atom is 0.119 e. The van der Waals surface area contributed by atoms with Crippen LogP contribution >= 0.6 is 0 Å². The van der Waals surface area contributed by atoms with Crippen molar-refractivity contribution in [2.24, 2.45) is 5.73 Å². The summed E-state index contributed by atoms with van der Waals surface area (Å²) >= 11 is 0. The second-order valence-electron chi connectivity index (χ2n) is 4.94. The molecule has 0 saturated heterocycles. The molecule has 1 atom stereocenters. The van der Waals surface area contributed by atoms with E-state index in [0.29, 0.717) is 0 Å². The molecule has 0 aliphatic rings. The Bertz CT molecular complexity index is 331. The van der Waals surface area contributed by atoms with Gasteiger partial charge < -0.3 is 15.6 Å². The summed E-state index contributed by atoms with van der Waals surface area (Å²) in [6.45, 7) is 6.17.